The van der Waals surface area contributed by atoms with Gasteiger partial charge in [-0.15, -0.1) is 0 Å². The summed E-state index contributed by atoms with van der Waals surface area (Å²) in [5.74, 6) is 5.42. The largest absolute Gasteiger partial charge is 0.508 e. The molecule has 0 saturated carbocycles. The Morgan fingerprint density at radius 3 is 0.829 bits per heavy atom. The molecular weight excluding hydrogens is 1030 g/mol. The van der Waals surface area contributed by atoms with E-state index in [0.717, 1.165) is 48.2 Å². The van der Waals surface area contributed by atoms with E-state index in [1.54, 1.807) is 84.9 Å². The van der Waals surface area contributed by atoms with E-state index >= 15 is 0 Å². The minimum Gasteiger partial charge on any atom is -0.508 e. The van der Waals surface area contributed by atoms with Gasteiger partial charge in [-0.05, 0) is 121 Å². The Morgan fingerprint density at radius 1 is 0.354 bits per heavy atom. The number of benzene rings is 8. The summed E-state index contributed by atoms with van der Waals surface area (Å²) in [7, 11) is 0. The maximum absolute atomic E-state index is 9.28. The summed E-state index contributed by atoms with van der Waals surface area (Å²) in [5, 5.41) is 44.5. The number of aryl methyl sites for hydroxylation is 2. The molecule has 0 radical (unpaired) electrons. The van der Waals surface area contributed by atoms with Crippen LogP contribution in [0.4, 0.5) is 0 Å². The third kappa shape index (κ3) is 36.3. The van der Waals surface area contributed by atoms with E-state index in [9.17, 15) is 10.2 Å². The molecule has 8 aromatic rings. The van der Waals surface area contributed by atoms with Gasteiger partial charge in [-0.25, -0.2) is 0 Å². The average Bonchev–Trinajstić information content (AvgIpc) is 4.34. The monoisotopic (exact) mass is 1120 g/mol. The van der Waals surface area contributed by atoms with Crippen molar-refractivity contribution in [3.05, 3.63) is 241 Å². The molecule has 3 atom stereocenters. The van der Waals surface area contributed by atoms with Gasteiger partial charge >= 0.3 is 0 Å². The Morgan fingerprint density at radius 2 is 0.598 bits per heavy atom. The SMILES string of the molecule is CC(C)c1ccccc1O.CC(C)c1ccccc1O.CCC.CCC.Cc1ccccc1OCC1CO1.Cc1ccccc1OCC1CO1.Oc1ccccc1.Oc1ccccc1.Oc1ccccc1.c1ccc(OCC2CO2)cc1. The molecule has 3 fully saturated rings. The minimum atomic E-state index is 0.322. The van der Waals surface area contributed by atoms with Crippen molar-refractivity contribution in [1.82, 2.24) is 0 Å². The Bertz CT molecular complexity index is 2550. The zero-order chi connectivity index (χ0) is 60.2. The molecule has 0 amide bonds. The molecule has 3 heterocycles. The fourth-order valence-corrected chi connectivity index (χ4v) is 6.24. The van der Waals surface area contributed by atoms with Crippen LogP contribution in [-0.4, -0.2) is 83.5 Å². The van der Waals surface area contributed by atoms with Gasteiger partial charge in [-0.3, -0.25) is 0 Å². The van der Waals surface area contributed by atoms with Gasteiger partial charge in [0.2, 0.25) is 0 Å². The standard InChI is InChI=1S/2C10H12O2.C9H10O2.2C9H12O.3C6H6O.2C3H8/c2*1-8-4-2-3-5-10(8)12-7-9-6-11-9;1-2-4-8(5-3-1)10-6-9-7-11-9;2*1-7(2)8-5-3-4-6-9(8)10;3*7-6-4-2-1-3-5-6;2*1-3-2/h2*2-5,9H,6-7H2,1H3;1-5,9H,6-7H2;2*3-7,10H,1-2H3;3*1-5,7H;2*3H2,1-2H3. The molecule has 8 aromatic carbocycles. The van der Waals surface area contributed by atoms with Crippen molar-refractivity contribution in [3.8, 4) is 46.0 Å². The number of phenolic OH excluding ortho intramolecular Hbond substituents is 5. The Labute approximate surface area is 490 Å². The quantitative estimate of drug-likeness (QED) is 0.0783. The molecule has 0 aromatic heterocycles. The van der Waals surface area contributed by atoms with Crippen molar-refractivity contribution < 1.29 is 54.0 Å². The second-order valence-electron chi connectivity index (χ2n) is 19.5. The molecule has 442 valence electrons. The number of epoxide rings is 3. The molecule has 0 spiro atoms. The van der Waals surface area contributed by atoms with Gasteiger partial charge in [0.25, 0.3) is 0 Å². The number of hydrogen-bond acceptors (Lipinski definition) is 11. The number of phenols is 5. The van der Waals surface area contributed by atoms with Crippen LogP contribution in [0.5, 0.6) is 46.0 Å². The first-order valence-corrected chi connectivity index (χ1v) is 28.3. The van der Waals surface area contributed by atoms with Crippen molar-refractivity contribution in [2.24, 2.45) is 0 Å². The summed E-state index contributed by atoms with van der Waals surface area (Å²) in [6.07, 6.45) is 3.52. The number of hydrogen-bond donors (Lipinski definition) is 5. The lowest BCUT2D eigenvalue weighted by atomic mass is 10.0. The van der Waals surface area contributed by atoms with E-state index in [4.69, 9.17) is 43.7 Å². The summed E-state index contributed by atoms with van der Waals surface area (Å²) >= 11 is 0. The lowest BCUT2D eigenvalue weighted by Crippen LogP contribution is -2.04. The maximum Gasteiger partial charge on any atom is 0.122 e. The summed E-state index contributed by atoms with van der Waals surface area (Å²) in [5.41, 5.74) is 4.39. The van der Waals surface area contributed by atoms with Crippen LogP contribution >= 0.6 is 0 Å². The van der Waals surface area contributed by atoms with Crippen LogP contribution in [0.25, 0.3) is 0 Å². The predicted octanol–water partition coefficient (Wildman–Crippen LogP) is 17.0. The third-order valence-electron chi connectivity index (χ3n) is 10.8. The van der Waals surface area contributed by atoms with E-state index in [1.165, 1.54) is 24.0 Å². The summed E-state index contributed by atoms with van der Waals surface area (Å²) in [6.45, 7) is 25.5. The number of rotatable bonds is 11. The van der Waals surface area contributed by atoms with Crippen LogP contribution in [0.15, 0.2) is 218 Å². The molecule has 5 N–H and O–H groups in total. The van der Waals surface area contributed by atoms with E-state index in [1.807, 2.05) is 147 Å². The van der Waals surface area contributed by atoms with Crippen LogP contribution in [-0.2, 0) is 14.2 Å². The Kier molecular flexibility index (Phi) is 37.5. The van der Waals surface area contributed by atoms with E-state index in [2.05, 4.69) is 55.4 Å². The second kappa shape index (κ2) is 43.8. The average molecular weight is 1120 g/mol. The van der Waals surface area contributed by atoms with E-state index in [-0.39, 0.29) is 0 Å². The molecule has 11 nitrogen and oxygen atoms in total. The van der Waals surface area contributed by atoms with Crippen molar-refractivity contribution in [1.29, 1.82) is 0 Å². The molecule has 0 aliphatic carbocycles. The fraction of sp³-hybridized carbons (Fsp3) is 0.324. The summed E-state index contributed by atoms with van der Waals surface area (Å²) in [6, 6.07) is 66.8. The van der Waals surface area contributed by atoms with Gasteiger partial charge < -0.3 is 54.0 Å². The van der Waals surface area contributed by atoms with Crippen LogP contribution in [0, 0.1) is 13.8 Å². The van der Waals surface area contributed by atoms with Gasteiger partial charge in [0.05, 0.1) is 19.8 Å². The highest BCUT2D eigenvalue weighted by Crippen LogP contribution is 2.25. The first-order valence-electron chi connectivity index (χ1n) is 28.3. The first kappa shape index (κ1) is 70.1. The Hall–Kier alpha value is -7.96. The number of aromatic hydroxyl groups is 5. The highest BCUT2D eigenvalue weighted by molar-refractivity contribution is 5.35. The van der Waals surface area contributed by atoms with Gasteiger partial charge in [0.1, 0.15) is 84.1 Å². The molecule has 3 aliphatic heterocycles. The molecular formula is C71H92O11. The predicted molar refractivity (Wildman–Crippen MR) is 335 cm³/mol. The highest BCUT2D eigenvalue weighted by atomic mass is 16.6. The van der Waals surface area contributed by atoms with Gasteiger partial charge in [0, 0.05) is 0 Å². The maximum atomic E-state index is 9.28. The lowest BCUT2D eigenvalue weighted by molar-refractivity contribution is 0.262. The molecule has 11 heteroatoms. The summed E-state index contributed by atoms with van der Waals surface area (Å²) < 4.78 is 31.6. The zero-order valence-electron chi connectivity index (χ0n) is 50.0. The number of ether oxygens (including phenoxy) is 6. The first-order chi connectivity index (χ1) is 39.6. The van der Waals surface area contributed by atoms with Crippen molar-refractivity contribution in [2.75, 3.05) is 39.6 Å². The fourth-order valence-electron chi connectivity index (χ4n) is 6.24. The van der Waals surface area contributed by atoms with Crippen LogP contribution in [0.3, 0.4) is 0 Å². The molecule has 3 saturated heterocycles. The van der Waals surface area contributed by atoms with Crippen molar-refractivity contribution in [2.45, 2.75) is 112 Å². The third-order valence-corrected chi connectivity index (χ3v) is 10.8. The van der Waals surface area contributed by atoms with Gasteiger partial charge in [-0.2, -0.15) is 0 Å². The zero-order valence-corrected chi connectivity index (χ0v) is 50.0. The van der Waals surface area contributed by atoms with Crippen LogP contribution < -0.4 is 14.2 Å². The van der Waals surface area contributed by atoms with E-state index in [0.29, 0.717) is 78.7 Å². The van der Waals surface area contributed by atoms with Gasteiger partial charge in [0.15, 0.2) is 0 Å². The van der Waals surface area contributed by atoms with Crippen molar-refractivity contribution >= 4 is 0 Å². The van der Waals surface area contributed by atoms with Crippen molar-refractivity contribution in [3.63, 3.8) is 0 Å². The van der Waals surface area contributed by atoms with E-state index < -0.39 is 0 Å². The second-order valence-corrected chi connectivity index (χ2v) is 19.5. The molecule has 3 aliphatic rings. The molecule has 3 unspecified atom stereocenters. The molecule has 82 heavy (non-hydrogen) atoms. The smallest absolute Gasteiger partial charge is 0.122 e. The number of para-hydroxylation sites is 8. The molecule has 11 rings (SSSR count). The topological polar surface area (TPSA) is 166 Å². The van der Waals surface area contributed by atoms with Gasteiger partial charge in [-0.1, -0.05) is 214 Å². The van der Waals surface area contributed by atoms with Crippen LogP contribution in [0.1, 0.15) is 102 Å². The normalized spacial score (nSPS) is 14.0. The molecule has 0 bridgehead atoms. The highest BCUT2D eigenvalue weighted by Gasteiger charge is 2.24. The Balaban J connectivity index is 0.000000318. The van der Waals surface area contributed by atoms with Crippen LogP contribution in [0.2, 0.25) is 0 Å². The lowest BCUT2D eigenvalue weighted by Gasteiger charge is -2.06. The minimum absolute atomic E-state index is 0.322. The summed E-state index contributed by atoms with van der Waals surface area (Å²) in [4.78, 5) is 0.